The Morgan fingerprint density at radius 1 is 0.591 bits per heavy atom. The van der Waals surface area contributed by atoms with Crippen molar-refractivity contribution in [3.8, 4) is 22.4 Å². The van der Waals surface area contributed by atoms with Gasteiger partial charge in [-0.05, 0) is 40.6 Å². The summed E-state index contributed by atoms with van der Waals surface area (Å²) < 4.78 is 2.28. The molecule has 0 atom stereocenters. The van der Waals surface area contributed by atoms with Crippen LogP contribution in [0.4, 0.5) is 17.3 Å². The highest BCUT2D eigenvalue weighted by Crippen LogP contribution is 2.53. The van der Waals surface area contributed by atoms with Crippen LogP contribution >= 0.6 is 11.3 Å². The van der Waals surface area contributed by atoms with Crippen LogP contribution in [0.1, 0.15) is 0 Å². The Kier molecular flexibility index (Phi) is 4.84. The lowest BCUT2D eigenvalue weighted by Gasteiger charge is -2.33. The molecule has 0 unspecified atom stereocenters. The molecule has 5 heteroatoms. The molecule has 44 heavy (non-hydrogen) atoms. The predicted molar refractivity (Wildman–Crippen MR) is 184 cm³/mol. The fraction of sp³-hybridized carbons (Fsp3) is 0. The smallest absolute Gasteiger partial charge is 0.235 e. The van der Waals surface area contributed by atoms with Crippen LogP contribution in [0.25, 0.3) is 75.1 Å². The van der Waals surface area contributed by atoms with E-state index in [1.807, 2.05) is 12.3 Å². The van der Waals surface area contributed by atoms with E-state index >= 15 is 0 Å². The van der Waals surface area contributed by atoms with Gasteiger partial charge in [0.15, 0.2) is 0 Å². The fourth-order valence-electron chi connectivity index (χ4n) is 6.86. The van der Waals surface area contributed by atoms with Crippen molar-refractivity contribution >= 4 is 81.4 Å². The molecule has 1 aliphatic heterocycles. The van der Waals surface area contributed by atoms with E-state index in [2.05, 4.69) is 131 Å². The summed E-state index contributed by atoms with van der Waals surface area (Å²) in [6.45, 7) is 0. The maximum absolute atomic E-state index is 5.46. The summed E-state index contributed by atoms with van der Waals surface area (Å²) in [5, 5.41) is 7.03. The first kappa shape index (κ1) is 23.9. The zero-order chi connectivity index (χ0) is 28.8. The second-order valence-electron chi connectivity index (χ2n) is 11.3. The third-order valence-electron chi connectivity index (χ3n) is 8.83. The molecule has 0 saturated carbocycles. The molecule has 4 heterocycles. The number of pyridine rings is 1. The molecule has 0 fully saturated rings. The van der Waals surface area contributed by atoms with Gasteiger partial charge in [-0.3, -0.25) is 9.88 Å². The minimum absolute atomic E-state index is 0.664. The maximum atomic E-state index is 5.46. The Labute approximate surface area is 256 Å². The largest absolute Gasteiger partial charge is 0.277 e. The second kappa shape index (κ2) is 8.93. The summed E-state index contributed by atoms with van der Waals surface area (Å²) in [4.78, 5) is 17.8. The van der Waals surface area contributed by atoms with Crippen molar-refractivity contribution in [2.45, 2.75) is 0 Å². The molecule has 0 saturated heterocycles. The van der Waals surface area contributed by atoms with Gasteiger partial charge in [-0.1, -0.05) is 103 Å². The van der Waals surface area contributed by atoms with E-state index in [1.165, 1.54) is 37.4 Å². The monoisotopic (exact) mass is 578 g/mol. The third kappa shape index (κ3) is 3.30. The number of hydrogen-bond donors (Lipinski definition) is 0. The molecule has 204 valence electrons. The number of thiophene rings is 1. The van der Waals surface area contributed by atoms with Crippen molar-refractivity contribution < 1.29 is 0 Å². The van der Waals surface area contributed by atoms with Crippen LogP contribution in [0, 0.1) is 0 Å². The molecule has 3 aromatic heterocycles. The van der Waals surface area contributed by atoms with Gasteiger partial charge in [0.1, 0.15) is 0 Å². The van der Waals surface area contributed by atoms with Crippen molar-refractivity contribution in [3.63, 3.8) is 0 Å². The molecule has 0 radical (unpaired) electrons. The van der Waals surface area contributed by atoms with Gasteiger partial charge in [-0.2, -0.15) is 0 Å². The molecule has 0 aliphatic carbocycles. The van der Waals surface area contributed by atoms with Gasteiger partial charge in [0, 0.05) is 43.6 Å². The lowest BCUT2D eigenvalue weighted by molar-refractivity contribution is 1.12. The van der Waals surface area contributed by atoms with Gasteiger partial charge in [-0.15, -0.1) is 11.3 Å². The Morgan fingerprint density at radius 2 is 1.39 bits per heavy atom. The average molecular weight is 579 g/mol. The highest BCUT2D eigenvalue weighted by atomic mass is 32.1. The van der Waals surface area contributed by atoms with Gasteiger partial charge >= 0.3 is 0 Å². The standard InChI is InChI=1S/C39H22N4S/c1-2-12-27-23(8-1)19-20-29-28-14-5-9-25-10-6-15-32(34(25)28)43(37(27)29)39-41-35(26-18-17-24-11-7-21-40-31(24)22-26)38-36(42-39)30-13-3-4-16-33(30)44-38/h1-22H. The SMILES string of the molecule is c1cnc2cc(-c3nc(N4c5c(ccc6ccccc56)-c5cccc6cccc4c56)nc4c3sc3ccccc34)ccc2c1. The zero-order valence-corrected chi connectivity index (χ0v) is 24.2. The Balaban J connectivity index is 1.36. The fourth-order valence-corrected chi connectivity index (χ4v) is 8.02. The van der Waals surface area contributed by atoms with Crippen LogP contribution in [0.15, 0.2) is 134 Å². The summed E-state index contributed by atoms with van der Waals surface area (Å²) in [6.07, 6.45) is 1.85. The number of fused-ring (bicyclic) bond motifs is 8. The highest BCUT2D eigenvalue weighted by molar-refractivity contribution is 7.26. The molecule has 9 aromatic rings. The van der Waals surface area contributed by atoms with Crippen LogP contribution in [-0.2, 0) is 0 Å². The third-order valence-corrected chi connectivity index (χ3v) is 9.99. The van der Waals surface area contributed by atoms with Crippen LogP contribution in [0.2, 0.25) is 0 Å². The van der Waals surface area contributed by atoms with Gasteiger partial charge < -0.3 is 0 Å². The molecular weight excluding hydrogens is 557 g/mol. The summed E-state index contributed by atoms with van der Waals surface area (Å²) in [6, 6.07) is 45.3. The van der Waals surface area contributed by atoms with Gasteiger partial charge in [0.2, 0.25) is 5.95 Å². The van der Waals surface area contributed by atoms with Crippen LogP contribution in [0.3, 0.4) is 0 Å². The molecule has 0 amide bonds. The van der Waals surface area contributed by atoms with E-state index in [-0.39, 0.29) is 0 Å². The topological polar surface area (TPSA) is 41.9 Å². The second-order valence-corrected chi connectivity index (χ2v) is 12.3. The van der Waals surface area contributed by atoms with Crippen molar-refractivity contribution in [2.24, 2.45) is 0 Å². The van der Waals surface area contributed by atoms with E-state index in [1.54, 1.807) is 11.3 Å². The molecule has 10 rings (SSSR count). The molecular formula is C39H22N4S. The van der Waals surface area contributed by atoms with E-state index in [0.717, 1.165) is 49.1 Å². The predicted octanol–water partition coefficient (Wildman–Crippen LogP) is 10.8. The quantitative estimate of drug-likeness (QED) is 0.205. The van der Waals surface area contributed by atoms with Gasteiger partial charge in [-0.25, -0.2) is 9.97 Å². The summed E-state index contributed by atoms with van der Waals surface area (Å²) >= 11 is 1.75. The Bertz CT molecular complexity index is 2630. The van der Waals surface area contributed by atoms with Crippen molar-refractivity contribution in [1.29, 1.82) is 0 Å². The lowest BCUT2D eigenvalue weighted by atomic mass is 9.89. The number of nitrogens with zero attached hydrogens (tertiary/aromatic N) is 4. The molecule has 6 aromatic carbocycles. The molecule has 0 N–H and O–H groups in total. The van der Waals surface area contributed by atoms with E-state index < -0.39 is 0 Å². The first-order valence-corrected chi connectivity index (χ1v) is 15.5. The minimum Gasteiger partial charge on any atom is -0.277 e. The van der Waals surface area contributed by atoms with Gasteiger partial charge in [0.25, 0.3) is 0 Å². The van der Waals surface area contributed by atoms with Crippen molar-refractivity contribution in [2.75, 3.05) is 4.90 Å². The van der Waals surface area contributed by atoms with E-state index in [0.29, 0.717) is 5.95 Å². The summed E-state index contributed by atoms with van der Waals surface area (Å²) in [5.74, 6) is 0.664. The lowest BCUT2D eigenvalue weighted by Crippen LogP contribution is -2.18. The zero-order valence-electron chi connectivity index (χ0n) is 23.4. The van der Waals surface area contributed by atoms with Crippen molar-refractivity contribution in [3.05, 3.63) is 134 Å². The molecule has 1 aliphatic rings. The van der Waals surface area contributed by atoms with Gasteiger partial charge in [0.05, 0.1) is 32.8 Å². The Morgan fingerprint density at radius 3 is 2.34 bits per heavy atom. The van der Waals surface area contributed by atoms with Crippen molar-refractivity contribution in [1.82, 2.24) is 15.0 Å². The van der Waals surface area contributed by atoms with E-state index in [9.17, 15) is 0 Å². The number of aromatic nitrogens is 3. The van der Waals surface area contributed by atoms with Crippen LogP contribution in [-0.4, -0.2) is 15.0 Å². The first-order chi connectivity index (χ1) is 21.8. The van der Waals surface area contributed by atoms with E-state index in [4.69, 9.17) is 9.97 Å². The Hall–Kier alpha value is -5.65. The van der Waals surface area contributed by atoms with Crippen LogP contribution < -0.4 is 4.90 Å². The summed E-state index contributed by atoms with van der Waals surface area (Å²) in [5.41, 5.74) is 8.50. The number of rotatable bonds is 2. The molecule has 0 bridgehead atoms. The van der Waals surface area contributed by atoms with Crippen LogP contribution in [0.5, 0.6) is 0 Å². The minimum atomic E-state index is 0.664. The summed E-state index contributed by atoms with van der Waals surface area (Å²) in [7, 11) is 0. The normalized spacial score (nSPS) is 12.5. The maximum Gasteiger partial charge on any atom is 0.235 e. The number of anilines is 3. The number of hydrogen-bond acceptors (Lipinski definition) is 5. The first-order valence-electron chi connectivity index (χ1n) is 14.7. The highest BCUT2D eigenvalue weighted by Gasteiger charge is 2.30. The number of benzene rings is 6. The average Bonchev–Trinajstić information content (AvgIpc) is 3.46. The molecule has 4 nitrogen and oxygen atoms in total. The molecule has 0 spiro atoms.